The van der Waals surface area contributed by atoms with Crippen LogP contribution in [0.2, 0.25) is 0 Å². The number of rotatable bonds is 26. The first-order valence-corrected chi connectivity index (χ1v) is 34.4. The molecular formula is C46H57N13O36P4. The van der Waals surface area contributed by atoms with Crippen molar-refractivity contribution in [3.05, 3.63) is 145 Å². The van der Waals surface area contributed by atoms with Crippen LogP contribution in [0.5, 0.6) is 0 Å². The predicted octanol–water partition coefficient (Wildman–Crippen LogP) is -8.74. The predicted molar refractivity (Wildman–Crippen MR) is 310 cm³/mol. The molecule has 99 heavy (non-hydrogen) atoms. The summed E-state index contributed by atoms with van der Waals surface area (Å²) in [5.74, 6) is -0.0567. The number of fused-ring (bicyclic) bond motifs is 1. The Kier molecular flexibility index (Phi) is 21.3. The Hall–Kier alpha value is -6.97. The van der Waals surface area contributed by atoms with Crippen molar-refractivity contribution in [3.63, 3.8) is 0 Å². The van der Waals surface area contributed by atoms with E-state index in [1.165, 1.54) is 0 Å². The van der Waals surface area contributed by atoms with Gasteiger partial charge in [0.2, 0.25) is 0 Å². The Morgan fingerprint density at radius 3 is 1.03 bits per heavy atom. The molecule has 0 radical (unpaired) electrons. The Morgan fingerprint density at radius 1 is 0.414 bits per heavy atom. The molecule has 5 aliphatic rings. The van der Waals surface area contributed by atoms with Crippen molar-refractivity contribution in [2.45, 2.75) is 123 Å². The number of aliphatic hydroxyl groups is 7. The highest BCUT2D eigenvalue weighted by Gasteiger charge is 2.56. The number of imidazole rings is 1. The van der Waals surface area contributed by atoms with E-state index < -0.39 is 232 Å². The number of nitrogens with two attached hydrogens (primary N) is 1. The first-order chi connectivity index (χ1) is 46.6. The normalized spacial score (nSPS) is 33.4. The van der Waals surface area contributed by atoms with Gasteiger partial charge < -0.3 is 84.7 Å². The number of nitrogens with zero attached hydrogens (tertiary/aromatic N) is 8. The number of aromatic nitrogens is 12. The van der Waals surface area contributed by atoms with Crippen LogP contribution < -0.4 is 50.7 Å². The molecule has 0 saturated carbocycles. The molecule has 4 unspecified atom stereocenters. The van der Waals surface area contributed by atoms with Gasteiger partial charge in [0.05, 0.1) is 39.4 Å². The molecule has 6 aromatic heterocycles. The molecule has 0 amide bonds. The van der Waals surface area contributed by atoms with Gasteiger partial charge in [-0.25, -0.2) is 52.4 Å². The molecule has 11 rings (SSSR count). The third kappa shape index (κ3) is 15.8. The van der Waals surface area contributed by atoms with Crippen LogP contribution in [0, 0.1) is 0 Å². The van der Waals surface area contributed by atoms with Crippen LogP contribution in [-0.4, -0.2) is 238 Å². The Morgan fingerprint density at radius 2 is 0.707 bits per heavy atom. The highest BCUT2D eigenvalue weighted by atomic mass is 31.2. The second-order valence-electron chi connectivity index (χ2n) is 21.9. The number of nitrogen functional groups attached to an aromatic ring is 1. The van der Waals surface area contributed by atoms with E-state index in [-0.39, 0.29) is 17.0 Å². The molecule has 0 spiro atoms. The van der Waals surface area contributed by atoms with Crippen LogP contribution in [0.15, 0.2) is 100 Å². The Bertz CT molecular complexity index is 4680. The molecule has 11 heterocycles. The van der Waals surface area contributed by atoms with Gasteiger partial charge in [0.25, 0.3) is 22.2 Å². The third-order valence-electron chi connectivity index (χ3n) is 15.5. The minimum atomic E-state index is -5.92. The van der Waals surface area contributed by atoms with Gasteiger partial charge in [-0.15, -0.1) is 0 Å². The summed E-state index contributed by atoms with van der Waals surface area (Å²) in [6.07, 6.45) is -35.4. The molecular weight excluding hydrogens is 1430 g/mol. The molecule has 17 N–H and O–H groups in total. The number of phosphoric ester groups is 4. The van der Waals surface area contributed by atoms with Crippen LogP contribution in [0.3, 0.4) is 0 Å². The SMILES string of the molecule is Nc1ncnc2c1ncn2[C@@H]1O[C@H](COP(=O)(O)O[C@H]2[C@@H](O)[C@H](n3ccc(=O)[nH]c3=O)O[C@@H]2COP(=O)(O)O[C@H]2[C@@H](O)[C@H](n3ccc(=O)[nH]c3=O)O[C@@H]2COP(=O)(O)O[C@H]2[C@@H](O)[C@H](n3ccc(=O)[nH]c3=O)O[C@@H]2COP(=O)(O)O[C@H]2[C@@H](O)[C@H](n3ccc(=O)[nH]c3=O)O[C@@H]2CO)[C@@H](O)[C@H]1O. The van der Waals surface area contributed by atoms with Gasteiger partial charge in [-0.3, -0.25) is 98.1 Å². The average Bonchev–Trinajstić information content (AvgIpc) is 1.67. The van der Waals surface area contributed by atoms with Crippen molar-refractivity contribution in [2.75, 3.05) is 38.8 Å². The quantitative estimate of drug-likeness (QED) is 0.0224. The molecule has 5 saturated heterocycles. The number of hydrogen-bond acceptors (Lipinski definition) is 36. The molecule has 0 bridgehead atoms. The third-order valence-corrected chi connectivity index (χ3v) is 19.5. The lowest BCUT2D eigenvalue weighted by Gasteiger charge is -2.27. The maximum Gasteiger partial charge on any atom is 0.472 e. The number of anilines is 1. The molecule has 49 nitrogen and oxygen atoms in total. The first-order valence-electron chi connectivity index (χ1n) is 28.4. The van der Waals surface area contributed by atoms with Crippen molar-refractivity contribution in [1.29, 1.82) is 0 Å². The smallest absolute Gasteiger partial charge is 0.394 e. The molecule has 0 aliphatic carbocycles. The second kappa shape index (κ2) is 28.8. The van der Waals surface area contributed by atoms with Gasteiger partial charge in [0.1, 0.15) is 103 Å². The molecule has 6 aromatic rings. The fraction of sp³-hybridized carbons (Fsp3) is 0.543. The van der Waals surface area contributed by atoms with Gasteiger partial charge in [-0.05, 0) is 0 Å². The van der Waals surface area contributed by atoms with Gasteiger partial charge in [0.15, 0.2) is 42.6 Å². The Labute approximate surface area is 544 Å². The van der Waals surface area contributed by atoms with Crippen LogP contribution >= 0.6 is 31.3 Å². The van der Waals surface area contributed by atoms with Gasteiger partial charge in [-0.1, -0.05) is 0 Å². The van der Waals surface area contributed by atoms with E-state index in [1.54, 1.807) is 0 Å². The summed E-state index contributed by atoms with van der Waals surface area (Å²) in [5.41, 5.74) is -2.76. The van der Waals surface area contributed by atoms with Crippen LogP contribution in [0.4, 0.5) is 5.82 Å². The summed E-state index contributed by atoms with van der Waals surface area (Å²) in [6, 6.07) is 3.14. The summed E-state index contributed by atoms with van der Waals surface area (Å²) in [6.45, 7) is -6.30. The lowest BCUT2D eigenvalue weighted by Crippen LogP contribution is -2.40. The minimum absolute atomic E-state index is 0.0428. The zero-order valence-corrected chi connectivity index (χ0v) is 53.0. The van der Waals surface area contributed by atoms with Crippen molar-refractivity contribution < 1.29 is 133 Å². The standard InChI is InChI=1S/C46H57N13O36P4/c47-36-25-37(49-14-48-36)59(15-50-25)38-27(66)26(65)17(88-38)10-83-96(75,76)93-33-19(90-40(29(33)68)56-6-2-22(62)52-44(56)72)12-85-98(79,80)95-35-20(91-42(31(35)70)58-8-4-24(64)54-46(58)74)13-86-99(81,82)94-34-18(89-41(30(34)69)57-7-3-23(63)53-45(57)73)11-84-97(77,78)92-32-16(9-60)87-39(28(32)67)55-5-1-21(61)51-43(55)71/h1-8,14-20,26-35,38-42,60,65-70H,9-13H2,(H,75,76)(H,77,78)(H,79,80)(H,81,82)(H2,47,48,49)(H,51,61,71)(H,52,62,72)(H,53,63,73)(H,54,64,74)/t16-,17-,18-,19-,20-,26-,27-,28-,29-,30-,31-,32-,33-,34-,35-,38-,39-,40-,41-,42-/m1/s1. The summed E-state index contributed by atoms with van der Waals surface area (Å²) >= 11 is 0. The lowest BCUT2D eigenvalue weighted by atomic mass is 10.1. The topological polar surface area (TPSA) is 700 Å². The molecule has 53 heteroatoms. The van der Waals surface area contributed by atoms with Crippen molar-refractivity contribution in [1.82, 2.24) is 57.7 Å². The molecule has 0 aromatic carbocycles. The highest BCUT2D eigenvalue weighted by Crippen LogP contribution is 2.55. The van der Waals surface area contributed by atoms with Crippen LogP contribution in [0.25, 0.3) is 11.2 Å². The van der Waals surface area contributed by atoms with E-state index in [2.05, 4.69) is 15.0 Å². The zero-order valence-electron chi connectivity index (χ0n) is 49.4. The average molecular weight is 1490 g/mol. The maximum absolute atomic E-state index is 14.1. The van der Waals surface area contributed by atoms with E-state index in [0.29, 0.717) is 18.3 Å². The maximum atomic E-state index is 14.1. The number of H-pyrrole nitrogens is 4. The fourth-order valence-corrected chi connectivity index (χ4v) is 14.8. The minimum Gasteiger partial charge on any atom is -0.394 e. The lowest BCUT2D eigenvalue weighted by molar-refractivity contribution is -0.0663. The van der Waals surface area contributed by atoms with E-state index in [9.17, 15) is 112 Å². The molecule has 5 fully saturated rings. The van der Waals surface area contributed by atoms with Gasteiger partial charge >= 0.3 is 54.0 Å². The summed E-state index contributed by atoms with van der Waals surface area (Å²) < 4.78 is 128. The second-order valence-corrected chi connectivity index (χ2v) is 27.6. The van der Waals surface area contributed by atoms with E-state index in [1.807, 2.05) is 19.9 Å². The van der Waals surface area contributed by atoms with Crippen molar-refractivity contribution in [3.8, 4) is 0 Å². The van der Waals surface area contributed by atoms with Gasteiger partial charge in [-0.2, -0.15) is 0 Å². The zero-order chi connectivity index (χ0) is 71.5. The van der Waals surface area contributed by atoms with Crippen molar-refractivity contribution in [2.24, 2.45) is 0 Å². The molecule has 5 aliphatic heterocycles. The number of nitrogens with one attached hydrogen (secondary N) is 4. The molecule has 24 atom stereocenters. The largest absolute Gasteiger partial charge is 0.472 e. The monoisotopic (exact) mass is 1490 g/mol. The van der Waals surface area contributed by atoms with E-state index in [0.717, 1.165) is 66.3 Å². The highest BCUT2D eigenvalue weighted by molar-refractivity contribution is 7.48. The summed E-state index contributed by atoms with van der Waals surface area (Å²) in [7, 11) is -23.1. The molecule has 542 valence electrons. The Balaban J connectivity index is 0.794. The number of ether oxygens (including phenoxy) is 5. The van der Waals surface area contributed by atoms with Crippen LogP contribution in [-0.2, 0) is 78.1 Å². The van der Waals surface area contributed by atoms with E-state index >= 15 is 0 Å². The summed E-state index contributed by atoms with van der Waals surface area (Å²) in [4.78, 5) is 163. The fourth-order valence-electron chi connectivity index (χ4n) is 10.9. The number of aliphatic hydroxyl groups excluding tert-OH is 7. The van der Waals surface area contributed by atoms with E-state index in [4.69, 9.17) is 65.6 Å². The van der Waals surface area contributed by atoms with Gasteiger partial charge in [0, 0.05) is 49.1 Å². The number of phosphoric acid groups is 4. The summed E-state index contributed by atoms with van der Waals surface area (Å²) in [5, 5.41) is 77.6. The number of aromatic amines is 4. The first kappa shape index (κ1) is 73.3. The van der Waals surface area contributed by atoms with Crippen LogP contribution in [0.1, 0.15) is 31.1 Å². The van der Waals surface area contributed by atoms with Crippen molar-refractivity contribution >= 4 is 48.3 Å². The number of hydrogen-bond donors (Lipinski definition) is 16.